The van der Waals surface area contributed by atoms with E-state index in [1.165, 1.54) is 0 Å². The Morgan fingerprint density at radius 1 is 0.963 bits per heavy atom. The van der Waals surface area contributed by atoms with Crippen LogP contribution in [0.5, 0.6) is 0 Å². The molecule has 0 bridgehead atoms. The minimum atomic E-state index is -0.337. The number of nitrogens with one attached hydrogen (secondary N) is 2. The Kier molecular flexibility index (Phi) is 5.88. The summed E-state index contributed by atoms with van der Waals surface area (Å²) in [5, 5.41) is 7.11. The average Bonchev–Trinajstić information content (AvgIpc) is 2.64. The number of anilines is 4. The van der Waals surface area contributed by atoms with Crippen molar-refractivity contribution >= 4 is 40.6 Å². The van der Waals surface area contributed by atoms with Gasteiger partial charge in [-0.15, -0.1) is 0 Å². The molecule has 0 fully saturated rings. The van der Waals surface area contributed by atoms with Gasteiger partial charge in [0.05, 0.1) is 12.2 Å². The third-order valence-electron chi connectivity index (χ3n) is 3.62. The molecule has 0 aliphatic carbocycles. The van der Waals surface area contributed by atoms with Crippen LogP contribution in [0.2, 0.25) is 5.02 Å². The van der Waals surface area contributed by atoms with E-state index in [1.54, 1.807) is 37.3 Å². The molecule has 0 saturated heterocycles. The Morgan fingerprint density at radius 3 is 2.00 bits per heavy atom. The first-order chi connectivity index (χ1) is 13.0. The summed E-state index contributed by atoms with van der Waals surface area (Å²) in [6, 6.07) is 16.2. The number of aromatic nitrogens is 2. The van der Waals surface area contributed by atoms with Gasteiger partial charge in [0.15, 0.2) is 0 Å². The van der Waals surface area contributed by atoms with E-state index < -0.39 is 0 Å². The van der Waals surface area contributed by atoms with Crippen LogP contribution >= 0.6 is 11.6 Å². The van der Waals surface area contributed by atoms with Crippen LogP contribution in [0.15, 0.2) is 54.6 Å². The monoisotopic (exact) mass is 382 g/mol. The Morgan fingerprint density at radius 2 is 1.48 bits per heavy atom. The number of hydrogen-bond acceptors (Lipinski definition) is 6. The van der Waals surface area contributed by atoms with Gasteiger partial charge in [-0.25, -0.2) is 14.8 Å². The van der Waals surface area contributed by atoms with Crippen molar-refractivity contribution in [3.63, 3.8) is 0 Å². The molecule has 138 valence electrons. The molecule has 0 saturated carbocycles. The molecule has 0 spiro atoms. The molecular formula is C20H19ClN4O2. The fraction of sp³-hybridized carbons (Fsp3) is 0.150. The molecule has 2 N–H and O–H groups in total. The van der Waals surface area contributed by atoms with Crippen LogP contribution in [0.3, 0.4) is 0 Å². The van der Waals surface area contributed by atoms with Crippen molar-refractivity contribution < 1.29 is 9.53 Å². The summed E-state index contributed by atoms with van der Waals surface area (Å²) >= 11 is 5.91. The standard InChI is InChI=1S/C20H19ClN4O2/c1-3-27-20(26)14-4-8-16(9-5-14)24-18-12-19(23-13(2)22-18)25-17-10-6-15(21)7-11-17/h4-12H,3H2,1-2H3,(H2,22,23,24,25). The van der Waals surface area contributed by atoms with Crippen LogP contribution in [0, 0.1) is 6.92 Å². The van der Waals surface area contributed by atoms with Gasteiger partial charge in [-0.05, 0) is 62.4 Å². The maximum Gasteiger partial charge on any atom is 0.338 e. The van der Waals surface area contributed by atoms with Gasteiger partial charge in [0.1, 0.15) is 17.5 Å². The zero-order chi connectivity index (χ0) is 19.2. The molecule has 1 heterocycles. The number of esters is 1. The first-order valence-corrected chi connectivity index (χ1v) is 8.84. The molecule has 0 radical (unpaired) electrons. The molecule has 0 amide bonds. The second-order valence-corrected chi connectivity index (χ2v) is 6.18. The van der Waals surface area contributed by atoms with E-state index in [9.17, 15) is 4.79 Å². The highest BCUT2D eigenvalue weighted by atomic mass is 35.5. The van der Waals surface area contributed by atoms with Crippen molar-refractivity contribution in [2.75, 3.05) is 17.2 Å². The molecule has 27 heavy (non-hydrogen) atoms. The minimum absolute atomic E-state index is 0.337. The number of halogens is 1. The van der Waals surface area contributed by atoms with E-state index in [1.807, 2.05) is 31.2 Å². The fourth-order valence-electron chi connectivity index (χ4n) is 2.43. The second-order valence-electron chi connectivity index (χ2n) is 5.74. The smallest absolute Gasteiger partial charge is 0.338 e. The Bertz CT molecular complexity index is 928. The van der Waals surface area contributed by atoms with Crippen LogP contribution in [0.1, 0.15) is 23.1 Å². The van der Waals surface area contributed by atoms with Crippen LogP contribution in [-0.4, -0.2) is 22.5 Å². The third kappa shape index (κ3) is 5.18. The summed E-state index contributed by atoms with van der Waals surface area (Å²) in [5.41, 5.74) is 2.19. The SMILES string of the molecule is CCOC(=O)c1ccc(Nc2cc(Nc3ccc(Cl)cc3)nc(C)n2)cc1. The number of aryl methyl sites for hydroxylation is 1. The number of ether oxygens (including phenoxy) is 1. The van der Waals surface area contributed by atoms with Crippen molar-refractivity contribution in [3.05, 3.63) is 71.0 Å². The predicted octanol–water partition coefficient (Wildman–Crippen LogP) is 5.10. The fourth-order valence-corrected chi connectivity index (χ4v) is 2.55. The quantitative estimate of drug-likeness (QED) is 0.577. The molecule has 0 aliphatic rings. The van der Waals surface area contributed by atoms with Crippen LogP contribution < -0.4 is 10.6 Å². The van der Waals surface area contributed by atoms with Gasteiger partial charge in [-0.3, -0.25) is 0 Å². The molecule has 7 heteroatoms. The topological polar surface area (TPSA) is 76.1 Å². The molecule has 3 aromatic rings. The van der Waals surface area contributed by atoms with E-state index in [0.29, 0.717) is 34.7 Å². The van der Waals surface area contributed by atoms with Gasteiger partial charge in [0, 0.05) is 22.5 Å². The Balaban J connectivity index is 1.74. The normalized spacial score (nSPS) is 10.3. The molecule has 0 unspecified atom stereocenters. The number of carbonyl (C=O) groups is 1. The minimum Gasteiger partial charge on any atom is -0.462 e. The number of hydrogen-bond donors (Lipinski definition) is 2. The summed E-state index contributed by atoms with van der Waals surface area (Å²) < 4.78 is 4.98. The summed E-state index contributed by atoms with van der Waals surface area (Å²) in [4.78, 5) is 20.5. The van der Waals surface area contributed by atoms with E-state index in [0.717, 1.165) is 11.4 Å². The molecular weight excluding hydrogens is 364 g/mol. The van der Waals surface area contributed by atoms with E-state index in [4.69, 9.17) is 16.3 Å². The highest BCUT2D eigenvalue weighted by molar-refractivity contribution is 6.30. The lowest BCUT2D eigenvalue weighted by molar-refractivity contribution is 0.0526. The molecule has 0 atom stereocenters. The molecule has 3 rings (SSSR count). The maximum absolute atomic E-state index is 11.7. The first-order valence-electron chi connectivity index (χ1n) is 8.46. The van der Waals surface area contributed by atoms with Crippen molar-refractivity contribution in [1.82, 2.24) is 9.97 Å². The van der Waals surface area contributed by atoms with Gasteiger partial charge >= 0.3 is 5.97 Å². The van der Waals surface area contributed by atoms with Gasteiger partial charge in [-0.2, -0.15) is 0 Å². The number of carbonyl (C=O) groups excluding carboxylic acids is 1. The lowest BCUT2D eigenvalue weighted by Gasteiger charge is -2.11. The van der Waals surface area contributed by atoms with Gasteiger partial charge in [0.25, 0.3) is 0 Å². The Hall–Kier alpha value is -3.12. The molecule has 1 aromatic heterocycles. The van der Waals surface area contributed by atoms with E-state index >= 15 is 0 Å². The highest BCUT2D eigenvalue weighted by Gasteiger charge is 2.07. The lowest BCUT2D eigenvalue weighted by Crippen LogP contribution is -2.05. The first kappa shape index (κ1) is 18.7. The highest BCUT2D eigenvalue weighted by Crippen LogP contribution is 2.22. The zero-order valence-electron chi connectivity index (χ0n) is 15.0. The zero-order valence-corrected chi connectivity index (χ0v) is 15.7. The lowest BCUT2D eigenvalue weighted by atomic mass is 10.2. The van der Waals surface area contributed by atoms with Crippen molar-refractivity contribution in [2.24, 2.45) is 0 Å². The van der Waals surface area contributed by atoms with Crippen molar-refractivity contribution in [2.45, 2.75) is 13.8 Å². The number of benzene rings is 2. The number of rotatable bonds is 6. The van der Waals surface area contributed by atoms with Crippen LogP contribution in [0.4, 0.5) is 23.0 Å². The maximum atomic E-state index is 11.7. The predicted molar refractivity (Wildman–Crippen MR) is 107 cm³/mol. The summed E-state index contributed by atoms with van der Waals surface area (Å²) in [7, 11) is 0. The average molecular weight is 383 g/mol. The van der Waals surface area contributed by atoms with E-state index in [2.05, 4.69) is 20.6 Å². The largest absolute Gasteiger partial charge is 0.462 e. The second kappa shape index (κ2) is 8.51. The summed E-state index contributed by atoms with van der Waals surface area (Å²) in [6.07, 6.45) is 0. The van der Waals surface area contributed by atoms with Gasteiger partial charge < -0.3 is 15.4 Å². The van der Waals surface area contributed by atoms with Crippen molar-refractivity contribution in [3.8, 4) is 0 Å². The number of nitrogens with zero attached hydrogens (tertiary/aromatic N) is 2. The molecule has 0 aliphatic heterocycles. The van der Waals surface area contributed by atoms with Gasteiger partial charge in [-0.1, -0.05) is 11.6 Å². The summed E-state index contributed by atoms with van der Waals surface area (Å²) in [5.74, 6) is 1.59. The summed E-state index contributed by atoms with van der Waals surface area (Å²) in [6.45, 7) is 3.95. The van der Waals surface area contributed by atoms with Gasteiger partial charge in [0.2, 0.25) is 0 Å². The van der Waals surface area contributed by atoms with E-state index in [-0.39, 0.29) is 5.97 Å². The molecule has 6 nitrogen and oxygen atoms in total. The van der Waals surface area contributed by atoms with Crippen LogP contribution in [0.25, 0.3) is 0 Å². The van der Waals surface area contributed by atoms with Crippen LogP contribution in [-0.2, 0) is 4.74 Å². The third-order valence-corrected chi connectivity index (χ3v) is 3.87. The molecule has 2 aromatic carbocycles. The Labute approximate surface area is 162 Å². The van der Waals surface area contributed by atoms with Crippen molar-refractivity contribution in [1.29, 1.82) is 0 Å².